The molecule has 0 atom stereocenters. The summed E-state index contributed by atoms with van der Waals surface area (Å²) in [6.07, 6.45) is 4.66. The van der Waals surface area contributed by atoms with Crippen molar-refractivity contribution in [2.75, 3.05) is 11.4 Å². The Kier molecular flexibility index (Phi) is 3.21. The molecule has 6 nitrogen and oxygen atoms in total. The Balaban J connectivity index is 2.03. The van der Waals surface area contributed by atoms with Crippen LogP contribution in [0.3, 0.4) is 0 Å². The Morgan fingerprint density at radius 1 is 1.33 bits per heavy atom. The fourth-order valence-corrected chi connectivity index (χ4v) is 2.70. The number of nitrogens with zero attached hydrogens (tertiary/aromatic N) is 3. The van der Waals surface area contributed by atoms with Crippen molar-refractivity contribution >= 4 is 17.6 Å². The van der Waals surface area contributed by atoms with E-state index >= 15 is 0 Å². The zero-order valence-corrected chi connectivity index (χ0v) is 11.6. The normalized spacial score (nSPS) is 13.9. The minimum absolute atomic E-state index is 0.195. The molecule has 0 unspecified atom stereocenters. The molecule has 1 amide bonds. The van der Waals surface area contributed by atoms with E-state index in [0.29, 0.717) is 24.3 Å². The van der Waals surface area contributed by atoms with Crippen molar-refractivity contribution in [1.29, 1.82) is 0 Å². The molecule has 0 fully saturated rings. The molecule has 0 saturated heterocycles. The summed E-state index contributed by atoms with van der Waals surface area (Å²) in [6.45, 7) is 0.575. The fraction of sp³-hybridized carbons (Fsp3) is 0.267. The molecule has 108 valence electrons. The average Bonchev–Trinajstić information content (AvgIpc) is 2.91. The van der Waals surface area contributed by atoms with Gasteiger partial charge in [0.1, 0.15) is 5.69 Å². The van der Waals surface area contributed by atoms with E-state index < -0.39 is 5.97 Å². The van der Waals surface area contributed by atoms with Gasteiger partial charge in [-0.2, -0.15) is 0 Å². The monoisotopic (exact) mass is 285 g/mol. The van der Waals surface area contributed by atoms with E-state index in [2.05, 4.69) is 4.98 Å². The van der Waals surface area contributed by atoms with Gasteiger partial charge in [0, 0.05) is 25.5 Å². The van der Waals surface area contributed by atoms with E-state index in [1.54, 1.807) is 47.2 Å². The molecule has 0 radical (unpaired) electrons. The summed E-state index contributed by atoms with van der Waals surface area (Å²) in [4.78, 5) is 29.6. The largest absolute Gasteiger partial charge is 0.478 e. The molecule has 6 heteroatoms. The number of hydrogen-bond donors (Lipinski definition) is 1. The summed E-state index contributed by atoms with van der Waals surface area (Å²) in [5.74, 6) is -1.15. The quantitative estimate of drug-likeness (QED) is 0.911. The molecule has 1 aromatic heterocycles. The van der Waals surface area contributed by atoms with Crippen LogP contribution in [0.15, 0.2) is 30.7 Å². The highest BCUT2D eigenvalue weighted by molar-refractivity contribution is 6.06. The van der Waals surface area contributed by atoms with Gasteiger partial charge in [0.05, 0.1) is 11.9 Å². The van der Waals surface area contributed by atoms with Crippen molar-refractivity contribution < 1.29 is 14.7 Å². The number of benzene rings is 1. The number of anilines is 1. The van der Waals surface area contributed by atoms with Crippen molar-refractivity contribution in [3.8, 4) is 0 Å². The van der Waals surface area contributed by atoms with Crippen molar-refractivity contribution in [3.63, 3.8) is 0 Å². The molecule has 2 heterocycles. The van der Waals surface area contributed by atoms with Crippen LogP contribution in [0.5, 0.6) is 0 Å². The lowest BCUT2D eigenvalue weighted by atomic mass is 9.96. The first-order valence-corrected chi connectivity index (χ1v) is 6.73. The van der Waals surface area contributed by atoms with Crippen molar-refractivity contribution in [2.24, 2.45) is 7.05 Å². The summed E-state index contributed by atoms with van der Waals surface area (Å²) >= 11 is 0. The molecule has 1 N–H and O–H groups in total. The molecule has 21 heavy (non-hydrogen) atoms. The van der Waals surface area contributed by atoms with Crippen LogP contribution < -0.4 is 4.90 Å². The third kappa shape index (κ3) is 2.29. The molecule has 0 saturated carbocycles. The van der Waals surface area contributed by atoms with Crippen LogP contribution in [0, 0.1) is 0 Å². The highest BCUT2D eigenvalue weighted by atomic mass is 16.4. The van der Waals surface area contributed by atoms with Gasteiger partial charge in [-0.05, 0) is 30.5 Å². The van der Waals surface area contributed by atoms with E-state index in [1.165, 1.54) is 0 Å². The molecular weight excluding hydrogens is 270 g/mol. The maximum atomic E-state index is 12.6. The summed E-state index contributed by atoms with van der Waals surface area (Å²) in [5.41, 5.74) is 2.04. The summed E-state index contributed by atoms with van der Waals surface area (Å²) in [7, 11) is 1.80. The van der Waals surface area contributed by atoms with Crippen LogP contribution in [0.2, 0.25) is 0 Å². The van der Waals surface area contributed by atoms with E-state index in [4.69, 9.17) is 0 Å². The Hall–Kier alpha value is -2.63. The smallest absolute Gasteiger partial charge is 0.336 e. The molecule has 3 rings (SSSR count). The van der Waals surface area contributed by atoms with Crippen molar-refractivity contribution in [3.05, 3.63) is 47.5 Å². The number of hydrogen-bond acceptors (Lipinski definition) is 3. The molecule has 0 aliphatic carbocycles. The third-order valence-electron chi connectivity index (χ3n) is 3.65. The molecule has 2 aromatic rings. The maximum absolute atomic E-state index is 12.6. The number of carboxylic acids is 1. The van der Waals surface area contributed by atoms with Gasteiger partial charge in [-0.15, -0.1) is 0 Å². The molecule has 1 aliphatic heterocycles. The van der Waals surface area contributed by atoms with Crippen LogP contribution in [-0.2, 0) is 13.5 Å². The van der Waals surface area contributed by atoms with Gasteiger partial charge in [0.2, 0.25) is 0 Å². The molecule has 0 bridgehead atoms. The number of aryl methyl sites for hydroxylation is 1. The molecule has 1 aliphatic rings. The zero-order valence-electron chi connectivity index (χ0n) is 11.6. The standard InChI is InChI=1S/C15H15N3O3/c1-17-8-12(16-9-17)14(19)18-7-3-5-10-11(15(20)21)4-2-6-13(10)18/h2,4,6,8-9H,3,5,7H2,1H3,(H,20,21). The zero-order chi connectivity index (χ0) is 15.0. The fourth-order valence-electron chi connectivity index (χ4n) is 2.70. The first-order chi connectivity index (χ1) is 10.1. The van der Waals surface area contributed by atoms with Crippen molar-refractivity contribution in [2.45, 2.75) is 12.8 Å². The second-order valence-electron chi connectivity index (χ2n) is 5.09. The Morgan fingerprint density at radius 3 is 2.81 bits per heavy atom. The Bertz CT molecular complexity index is 721. The molecular formula is C15H15N3O3. The number of carbonyl (C=O) groups excluding carboxylic acids is 1. The first-order valence-electron chi connectivity index (χ1n) is 6.73. The van der Waals surface area contributed by atoms with Gasteiger partial charge in [-0.1, -0.05) is 6.07 Å². The number of aromatic nitrogens is 2. The molecule has 0 spiro atoms. The van der Waals surface area contributed by atoms with Gasteiger partial charge in [-0.25, -0.2) is 9.78 Å². The Morgan fingerprint density at radius 2 is 2.14 bits per heavy atom. The highest BCUT2D eigenvalue weighted by Gasteiger charge is 2.27. The van der Waals surface area contributed by atoms with Gasteiger partial charge >= 0.3 is 5.97 Å². The molecule has 1 aromatic carbocycles. The summed E-state index contributed by atoms with van der Waals surface area (Å²) < 4.78 is 1.71. The van der Waals surface area contributed by atoms with Crippen LogP contribution in [0.4, 0.5) is 5.69 Å². The van der Waals surface area contributed by atoms with Gasteiger partial charge in [0.25, 0.3) is 5.91 Å². The topological polar surface area (TPSA) is 75.4 Å². The predicted molar refractivity (Wildman–Crippen MR) is 76.6 cm³/mol. The minimum atomic E-state index is -0.959. The number of aromatic carboxylic acids is 1. The second-order valence-corrected chi connectivity index (χ2v) is 5.09. The number of carbonyl (C=O) groups is 2. The maximum Gasteiger partial charge on any atom is 0.336 e. The second kappa shape index (κ2) is 5.05. The van der Waals surface area contributed by atoms with Crippen LogP contribution >= 0.6 is 0 Å². The predicted octanol–water partition coefficient (Wildman–Crippen LogP) is 1.71. The van der Waals surface area contributed by atoms with E-state index in [0.717, 1.165) is 12.0 Å². The highest BCUT2D eigenvalue weighted by Crippen LogP contribution is 2.30. The first kappa shape index (κ1) is 13.4. The number of fused-ring (bicyclic) bond motifs is 1. The summed E-state index contributed by atoms with van der Waals surface area (Å²) in [5, 5.41) is 9.27. The van der Waals surface area contributed by atoms with Gasteiger partial charge in [-0.3, -0.25) is 4.79 Å². The average molecular weight is 285 g/mol. The van der Waals surface area contributed by atoms with E-state index in [9.17, 15) is 14.7 Å². The lowest BCUT2D eigenvalue weighted by molar-refractivity contribution is 0.0695. The lowest BCUT2D eigenvalue weighted by Crippen LogP contribution is -2.36. The summed E-state index contributed by atoms with van der Waals surface area (Å²) in [6, 6.07) is 5.05. The lowest BCUT2D eigenvalue weighted by Gasteiger charge is -2.29. The van der Waals surface area contributed by atoms with Crippen LogP contribution in [0.25, 0.3) is 0 Å². The number of imidazole rings is 1. The minimum Gasteiger partial charge on any atom is -0.478 e. The van der Waals surface area contributed by atoms with E-state index in [-0.39, 0.29) is 11.5 Å². The van der Waals surface area contributed by atoms with Gasteiger partial charge in [0.15, 0.2) is 0 Å². The number of amides is 1. The van der Waals surface area contributed by atoms with E-state index in [1.807, 2.05) is 0 Å². The number of rotatable bonds is 2. The van der Waals surface area contributed by atoms with Crippen molar-refractivity contribution in [1.82, 2.24) is 9.55 Å². The van der Waals surface area contributed by atoms with Gasteiger partial charge < -0.3 is 14.6 Å². The van der Waals surface area contributed by atoms with Crippen LogP contribution in [0.1, 0.15) is 32.8 Å². The van der Waals surface area contributed by atoms with Crippen LogP contribution in [-0.4, -0.2) is 33.1 Å². The SMILES string of the molecule is Cn1cnc(C(=O)N2CCCc3c(C(=O)O)cccc32)c1. The third-order valence-corrected chi connectivity index (χ3v) is 3.65. The Labute approximate surface area is 121 Å². The number of carboxylic acid groups (broad SMARTS) is 1.